The van der Waals surface area contributed by atoms with E-state index >= 15 is 0 Å². The molecule has 4 fully saturated rings. The van der Waals surface area contributed by atoms with Gasteiger partial charge in [0.2, 0.25) is 0 Å². The van der Waals surface area contributed by atoms with Gasteiger partial charge in [0.15, 0.2) is 5.88 Å². The van der Waals surface area contributed by atoms with Crippen LogP contribution in [0.5, 0.6) is 0 Å². The Balaban J connectivity index is 1.26. The van der Waals surface area contributed by atoms with Gasteiger partial charge in [0, 0.05) is 32.2 Å². The van der Waals surface area contributed by atoms with E-state index in [1.807, 2.05) is 6.92 Å². The molecule has 122 valence electrons. The maximum Gasteiger partial charge on any atom is 0.307 e. The summed E-state index contributed by atoms with van der Waals surface area (Å²) >= 11 is 0. The highest BCUT2D eigenvalue weighted by Gasteiger charge is 2.62. The van der Waals surface area contributed by atoms with Crippen LogP contribution in [0.25, 0.3) is 0 Å². The summed E-state index contributed by atoms with van der Waals surface area (Å²) in [6.45, 7) is 10.9. The monoisotopic (exact) mass is 306 g/mol. The average Bonchev–Trinajstić information content (AvgIpc) is 2.83. The van der Waals surface area contributed by atoms with E-state index in [4.69, 9.17) is 9.84 Å². The topological polar surface area (TPSA) is 53.0 Å². The van der Waals surface area contributed by atoms with Crippen molar-refractivity contribution >= 4 is 5.97 Å². The highest BCUT2D eigenvalue weighted by atomic mass is 16.5. The molecule has 0 aromatic heterocycles. The van der Waals surface area contributed by atoms with Gasteiger partial charge >= 0.3 is 5.97 Å². The van der Waals surface area contributed by atoms with Gasteiger partial charge < -0.3 is 14.7 Å². The molecule has 2 unspecified atom stereocenters. The number of aliphatic carboxylic acids is 1. The van der Waals surface area contributed by atoms with Gasteiger partial charge in [0.05, 0.1) is 12.5 Å². The third kappa shape index (κ3) is 2.13. The number of carboxylic acids is 1. The van der Waals surface area contributed by atoms with Crippen LogP contribution in [0.2, 0.25) is 0 Å². The van der Waals surface area contributed by atoms with E-state index in [0.29, 0.717) is 29.9 Å². The zero-order valence-corrected chi connectivity index (χ0v) is 13.3. The number of hydrogen-bond donors (Lipinski definition) is 1. The van der Waals surface area contributed by atoms with Gasteiger partial charge in [-0.15, -0.1) is 0 Å². The predicted molar refractivity (Wildman–Crippen MR) is 82.1 cm³/mol. The van der Waals surface area contributed by atoms with Crippen molar-refractivity contribution in [3.8, 4) is 0 Å². The summed E-state index contributed by atoms with van der Waals surface area (Å²) in [6.07, 6.45) is 3.77. The normalized spacial score (nSPS) is 43.0. The first-order valence-electron chi connectivity index (χ1n) is 8.56. The van der Waals surface area contributed by atoms with Gasteiger partial charge in [-0.1, -0.05) is 0 Å². The Morgan fingerprint density at radius 3 is 2.64 bits per heavy atom. The summed E-state index contributed by atoms with van der Waals surface area (Å²) in [7, 11) is 0. The molecule has 2 saturated carbocycles. The lowest BCUT2D eigenvalue weighted by molar-refractivity contribution is -0.139. The van der Waals surface area contributed by atoms with E-state index in [9.17, 15) is 4.79 Å². The van der Waals surface area contributed by atoms with Crippen LogP contribution >= 0.6 is 0 Å². The molecule has 4 rings (SSSR count). The first-order valence-corrected chi connectivity index (χ1v) is 8.56. The van der Waals surface area contributed by atoms with Crippen molar-refractivity contribution in [2.24, 2.45) is 23.2 Å². The maximum absolute atomic E-state index is 11.0. The quantitative estimate of drug-likeness (QED) is 0.782. The fourth-order valence-corrected chi connectivity index (χ4v) is 5.16. The van der Waals surface area contributed by atoms with Crippen LogP contribution in [-0.4, -0.2) is 59.7 Å². The lowest BCUT2D eigenvalue weighted by atomic mass is 9.64. The minimum atomic E-state index is -0.583. The summed E-state index contributed by atoms with van der Waals surface area (Å²) in [5, 5.41) is 9.10. The number of likely N-dealkylation sites (tertiary alicyclic amines) is 2. The molecule has 0 aromatic carbocycles. The Morgan fingerprint density at radius 2 is 2.05 bits per heavy atom. The minimum absolute atomic E-state index is 0.0400. The number of hydrogen-bond acceptors (Lipinski definition) is 4. The molecule has 0 radical (unpaired) electrons. The van der Waals surface area contributed by atoms with Crippen LogP contribution in [0.3, 0.4) is 0 Å². The molecule has 5 nitrogen and oxygen atoms in total. The average molecular weight is 306 g/mol. The molecular weight excluding hydrogens is 280 g/mol. The number of piperidine rings is 1. The second kappa shape index (κ2) is 4.88. The number of nitrogens with zero attached hydrogens (tertiary/aromatic N) is 2. The summed E-state index contributed by atoms with van der Waals surface area (Å²) in [5.41, 5.74) is 0.462. The first-order chi connectivity index (χ1) is 10.5. The molecule has 5 heteroatoms. The van der Waals surface area contributed by atoms with E-state index < -0.39 is 5.97 Å². The summed E-state index contributed by atoms with van der Waals surface area (Å²) in [5.74, 6) is 1.08. The predicted octanol–water partition coefficient (Wildman–Crippen LogP) is 1.61. The van der Waals surface area contributed by atoms with Crippen molar-refractivity contribution in [2.75, 3.05) is 32.8 Å². The molecule has 2 aliphatic heterocycles. The van der Waals surface area contributed by atoms with Crippen molar-refractivity contribution in [1.29, 1.82) is 0 Å². The fraction of sp³-hybridized carbons (Fsp3) is 0.824. The van der Waals surface area contributed by atoms with E-state index in [2.05, 4.69) is 16.4 Å². The molecule has 0 bridgehead atoms. The first kappa shape index (κ1) is 14.4. The Labute approximate surface area is 131 Å². The molecule has 2 aliphatic carbocycles. The van der Waals surface area contributed by atoms with E-state index in [-0.39, 0.29) is 5.92 Å². The summed E-state index contributed by atoms with van der Waals surface area (Å²) in [6, 6.07) is 0.683. The molecule has 1 spiro atoms. The van der Waals surface area contributed by atoms with Crippen molar-refractivity contribution in [1.82, 2.24) is 9.80 Å². The second-order valence-corrected chi connectivity index (χ2v) is 7.71. The number of fused-ring (bicyclic) bond motifs is 1. The lowest BCUT2D eigenvalue weighted by Crippen LogP contribution is -2.52. The standard InChI is InChI=1S/C17H26N2O3/c1-3-22-11(2)18-5-4-17(10-18)6-12(7-17)19-8-13-14(9-19)15(13)16(20)21/h12-15H,2-10H2,1H3,(H,20,21). The van der Waals surface area contributed by atoms with Crippen molar-refractivity contribution < 1.29 is 14.6 Å². The highest BCUT2D eigenvalue weighted by Crippen LogP contribution is 2.57. The molecule has 1 N–H and O–H groups in total. The van der Waals surface area contributed by atoms with Gasteiger partial charge in [-0.25, -0.2) is 0 Å². The number of rotatable bonds is 5. The molecule has 22 heavy (non-hydrogen) atoms. The largest absolute Gasteiger partial charge is 0.481 e. The van der Waals surface area contributed by atoms with E-state index in [1.54, 1.807) is 0 Å². The third-order valence-corrected chi connectivity index (χ3v) is 6.46. The van der Waals surface area contributed by atoms with E-state index in [0.717, 1.165) is 32.1 Å². The molecule has 4 aliphatic rings. The van der Waals surface area contributed by atoms with Crippen LogP contribution < -0.4 is 0 Å². The molecule has 2 saturated heterocycles. The third-order valence-electron chi connectivity index (χ3n) is 6.46. The van der Waals surface area contributed by atoms with Crippen LogP contribution in [0.15, 0.2) is 12.5 Å². The zero-order valence-electron chi connectivity index (χ0n) is 13.3. The zero-order chi connectivity index (χ0) is 15.5. The number of carbonyl (C=O) groups is 1. The van der Waals surface area contributed by atoms with Crippen LogP contribution in [0.1, 0.15) is 26.2 Å². The smallest absolute Gasteiger partial charge is 0.307 e. The fourth-order valence-electron chi connectivity index (χ4n) is 5.16. The van der Waals surface area contributed by atoms with Gasteiger partial charge in [0.1, 0.15) is 0 Å². The second-order valence-electron chi connectivity index (χ2n) is 7.71. The Hall–Kier alpha value is -1.23. The van der Waals surface area contributed by atoms with Gasteiger partial charge in [-0.2, -0.15) is 0 Å². The maximum atomic E-state index is 11.0. The van der Waals surface area contributed by atoms with Gasteiger partial charge in [-0.3, -0.25) is 9.69 Å². The minimum Gasteiger partial charge on any atom is -0.481 e. The van der Waals surface area contributed by atoms with Crippen molar-refractivity contribution in [2.45, 2.75) is 32.2 Å². The molecule has 0 amide bonds. The van der Waals surface area contributed by atoms with E-state index in [1.165, 1.54) is 19.3 Å². The Morgan fingerprint density at radius 1 is 1.36 bits per heavy atom. The number of carboxylic acid groups (broad SMARTS) is 1. The van der Waals surface area contributed by atoms with Crippen LogP contribution in [0.4, 0.5) is 0 Å². The lowest BCUT2D eigenvalue weighted by Gasteiger charge is -2.49. The Bertz CT molecular complexity index is 488. The summed E-state index contributed by atoms with van der Waals surface area (Å²) in [4.78, 5) is 15.9. The van der Waals surface area contributed by atoms with Gasteiger partial charge in [-0.05, 0) is 50.0 Å². The van der Waals surface area contributed by atoms with Crippen LogP contribution in [0, 0.1) is 23.2 Å². The molecule has 2 heterocycles. The van der Waals surface area contributed by atoms with Crippen molar-refractivity contribution in [3.63, 3.8) is 0 Å². The highest BCUT2D eigenvalue weighted by molar-refractivity contribution is 5.74. The Kier molecular flexibility index (Phi) is 3.19. The summed E-state index contributed by atoms with van der Waals surface area (Å²) < 4.78 is 5.53. The molecule has 0 aromatic rings. The molecular formula is C17H26N2O3. The van der Waals surface area contributed by atoms with Crippen LogP contribution in [-0.2, 0) is 9.53 Å². The van der Waals surface area contributed by atoms with Gasteiger partial charge in [0.25, 0.3) is 0 Å². The SMILES string of the molecule is C=C(OCC)N1CCC2(CC(N3CC4C(C3)C4C(=O)O)C2)C1. The number of ether oxygens (including phenoxy) is 1. The molecule has 2 atom stereocenters. The van der Waals surface area contributed by atoms with Crippen molar-refractivity contribution in [3.05, 3.63) is 12.5 Å².